The van der Waals surface area contributed by atoms with Crippen LogP contribution in [0.3, 0.4) is 0 Å². The van der Waals surface area contributed by atoms with E-state index in [0.29, 0.717) is 25.3 Å². The third-order valence-corrected chi connectivity index (χ3v) is 4.40. The molecule has 0 radical (unpaired) electrons. The van der Waals surface area contributed by atoms with Crippen molar-refractivity contribution in [3.63, 3.8) is 0 Å². The molecule has 0 saturated carbocycles. The minimum absolute atomic E-state index is 0.0277. The van der Waals surface area contributed by atoms with Gasteiger partial charge in [-0.05, 0) is 25.7 Å². The quantitative estimate of drug-likeness (QED) is 0.759. The van der Waals surface area contributed by atoms with Gasteiger partial charge < -0.3 is 10.2 Å². The van der Waals surface area contributed by atoms with Crippen molar-refractivity contribution in [2.24, 2.45) is 5.92 Å². The van der Waals surface area contributed by atoms with Crippen molar-refractivity contribution in [3.05, 3.63) is 0 Å². The molecule has 116 valence electrons. The molecule has 2 atom stereocenters. The Morgan fingerprint density at radius 2 is 1.90 bits per heavy atom. The first-order chi connectivity index (χ1) is 9.11. The minimum Gasteiger partial charge on any atom is -0.343 e. The van der Waals surface area contributed by atoms with Crippen LogP contribution in [0.1, 0.15) is 33.6 Å². The van der Waals surface area contributed by atoms with Crippen molar-refractivity contribution in [2.75, 3.05) is 18.6 Å². The first kappa shape index (κ1) is 16.9. The Morgan fingerprint density at radius 1 is 1.30 bits per heavy atom. The SMILES string of the molecule is CC(C)CC1NC(=O)C(C)N(CCCS(C)(=O)=O)C1=O. The molecule has 1 fully saturated rings. The predicted octanol–water partition coefficient (Wildman–Crippen LogP) is 0.183. The van der Waals surface area contributed by atoms with E-state index in [-0.39, 0.29) is 17.6 Å². The Labute approximate surface area is 120 Å². The predicted molar refractivity (Wildman–Crippen MR) is 76.9 cm³/mol. The van der Waals surface area contributed by atoms with Crippen LogP contribution in [0.5, 0.6) is 0 Å². The number of rotatable bonds is 6. The second-order valence-corrected chi connectivity index (χ2v) is 8.14. The van der Waals surface area contributed by atoms with Gasteiger partial charge in [0, 0.05) is 12.8 Å². The number of hydrogen-bond donors (Lipinski definition) is 1. The number of piperazine rings is 1. The van der Waals surface area contributed by atoms with Gasteiger partial charge >= 0.3 is 0 Å². The van der Waals surface area contributed by atoms with E-state index >= 15 is 0 Å². The van der Waals surface area contributed by atoms with Crippen molar-refractivity contribution in [2.45, 2.75) is 45.7 Å². The number of nitrogens with zero attached hydrogens (tertiary/aromatic N) is 1. The maximum Gasteiger partial charge on any atom is 0.245 e. The third-order valence-electron chi connectivity index (χ3n) is 3.37. The molecule has 2 amide bonds. The first-order valence-electron chi connectivity index (χ1n) is 6.90. The molecule has 1 heterocycles. The fourth-order valence-electron chi connectivity index (χ4n) is 2.32. The van der Waals surface area contributed by atoms with Gasteiger partial charge in [-0.15, -0.1) is 0 Å². The molecule has 1 aliphatic heterocycles. The molecule has 0 bridgehead atoms. The average molecular weight is 304 g/mol. The van der Waals surface area contributed by atoms with Crippen molar-refractivity contribution in [1.82, 2.24) is 10.2 Å². The van der Waals surface area contributed by atoms with E-state index in [2.05, 4.69) is 5.32 Å². The zero-order valence-corrected chi connectivity index (χ0v) is 13.4. The van der Waals surface area contributed by atoms with Crippen LogP contribution in [0.25, 0.3) is 0 Å². The lowest BCUT2D eigenvalue weighted by Crippen LogP contribution is -2.62. The van der Waals surface area contributed by atoms with E-state index in [9.17, 15) is 18.0 Å². The summed E-state index contributed by atoms with van der Waals surface area (Å²) in [5.41, 5.74) is 0. The standard InChI is InChI=1S/C13H24N2O4S/c1-9(2)8-11-13(17)15(10(3)12(16)14-11)6-5-7-20(4,18)19/h9-11H,5-8H2,1-4H3,(H,14,16). The molecule has 7 heteroatoms. The van der Waals surface area contributed by atoms with E-state index in [1.165, 1.54) is 11.2 Å². The van der Waals surface area contributed by atoms with Gasteiger partial charge in [-0.2, -0.15) is 0 Å². The molecule has 0 aromatic carbocycles. The monoisotopic (exact) mass is 304 g/mol. The third kappa shape index (κ3) is 4.77. The highest BCUT2D eigenvalue weighted by Crippen LogP contribution is 2.16. The number of hydrogen-bond acceptors (Lipinski definition) is 4. The molecule has 0 aromatic heterocycles. The summed E-state index contributed by atoms with van der Waals surface area (Å²) in [6, 6.07) is -1.03. The summed E-state index contributed by atoms with van der Waals surface area (Å²) in [5, 5.41) is 2.74. The average Bonchev–Trinajstić information content (AvgIpc) is 2.28. The first-order valence-corrected chi connectivity index (χ1v) is 8.96. The van der Waals surface area contributed by atoms with Crippen LogP contribution in [-0.4, -0.2) is 55.8 Å². The molecule has 1 saturated heterocycles. The molecule has 2 unspecified atom stereocenters. The Morgan fingerprint density at radius 3 is 2.40 bits per heavy atom. The lowest BCUT2D eigenvalue weighted by molar-refractivity contribution is -0.149. The Kier molecular flexibility index (Phi) is 5.56. The molecule has 6 nitrogen and oxygen atoms in total. The molecular weight excluding hydrogens is 280 g/mol. The highest BCUT2D eigenvalue weighted by molar-refractivity contribution is 7.90. The lowest BCUT2D eigenvalue weighted by atomic mass is 9.99. The summed E-state index contributed by atoms with van der Waals surface area (Å²) in [5.74, 6) is 0.0457. The van der Waals surface area contributed by atoms with Crippen LogP contribution in [0, 0.1) is 5.92 Å². The normalized spacial score (nSPS) is 24.1. The maximum atomic E-state index is 12.3. The zero-order chi connectivity index (χ0) is 15.5. The lowest BCUT2D eigenvalue weighted by Gasteiger charge is -2.38. The van der Waals surface area contributed by atoms with Crippen LogP contribution in [0.2, 0.25) is 0 Å². The Balaban J connectivity index is 2.70. The highest BCUT2D eigenvalue weighted by atomic mass is 32.2. The molecule has 1 N–H and O–H groups in total. The number of carbonyl (C=O) groups is 2. The van der Waals surface area contributed by atoms with Crippen LogP contribution >= 0.6 is 0 Å². The molecule has 0 spiro atoms. The van der Waals surface area contributed by atoms with Gasteiger partial charge in [0.2, 0.25) is 11.8 Å². The van der Waals surface area contributed by atoms with Gasteiger partial charge in [0.25, 0.3) is 0 Å². The second kappa shape index (κ2) is 6.56. The van der Waals surface area contributed by atoms with Gasteiger partial charge in [-0.25, -0.2) is 8.42 Å². The number of nitrogens with one attached hydrogen (secondary N) is 1. The van der Waals surface area contributed by atoms with Crippen molar-refractivity contribution in [3.8, 4) is 0 Å². The Bertz CT molecular complexity index is 473. The van der Waals surface area contributed by atoms with Gasteiger partial charge in [-0.3, -0.25) is 9.59 Å². The van der Waals surface area contributed by atoms with Gasteiger partial charge in [0.05, 0.1) is 5.75 Å². The maximum absolute atomic E-state index is 12.3. The van der Waals surface area contributed by atoms with E-state index in [1.807, 2.05) is 13.8 Å². The zero-order valence-electron chi connectivity index (χ0n) is 12.5. The summed E-state index contributed by atoms with van der Waals surface area (Å²) in [4.78, 5) is 25.7. The Hall–Kier alpha value is -1.11. The topological polar surface area (TPSA) is 83.6 Å². The summed E-state index contributed by atoms with van der Waals surface area (Å²) in [7, 11) is -3.04. The molecule has 0 aliphatic carbocycles. The fourth-order valence-corrected chi connectivity index (χ4v) is 2.97. The minimum atomic E-state index is -3.04. The number of carbonyl (C=O) groups excluding carboxylic acids is 2. The highest BCUT2D eigenvalue weighted by Gasteiger charge is 2.37. The van der Waals surface area contributed by atoms with E-state index < -0.39 is 21.9 Å². The van der Waals surface area contributed by atoms with Gasteiger partial charge in [-0.1, -0.05) is 13.8 Å². The van der Waals surface area contributed by atoms with Crippen LogP contribution in [0.4, 0.5) is 0 Å². The van der Waals surface area contributed by atoms with Gasteiger partial charge in [0.15, 0.2) is 0 Å². The van der Waals surface area contributed by atoms with Crippen molar-refractivity contribution < 1.29 is 18.0 Å². The van der Waals surface area contributed by atoms with Crippen LogP contribution in [-0.2, 0) is 19.4 Å². The van der Waals surface area contributed by atoms with Gasteiger partial charge in [0.1, 0.15) is 21.9 Å². The van der Waals surface area contributed by atoms with E-state index in [0.717, 1.165) is 0 Å². The molecule has 1 rings (SSSR count). The van der Waals surface area contributed by atoms with Crippen LogP contribution < -0.4 is 5.32 Å². The fraction of sp³-hybridized carbons (Fsp3) is 0.846. The largest absolute Gasteiger partial charge is 0.343 e. The van der Waals surface area contributed by atoms with Crippen LogP contribution in [0.15, 0.2) is 0 Å². The van der Waals surface area contributed by atoms with E-state index in [1.54, 1.807) is 6.92 Å². The molecule has 20 heavy (non-hydrogen) atoms. The number of sulfone groups is 1. The second-order valence-electron chi connectivity index (χ2n) is 5.88. The van der Waals surface area contributed by atoms with E-state index in [4.69, 9.17) is 0 Å². The van der Waals surface area contributed by atoms with Crippen molar-refractivity contribution >= 4 is 21.7 Å². The summed E-state index contributed by atoms with van der Waals surface area (Å²) in [6.07, 6.45) is 2.12. The summed E-state index contributed by atoms with van der Waals surface area (Å²) in [6.45, 7) is 5.95. The molecule has 1 aliphatic rings. The summed E-state index contributed by atoms with van der Waals surface area (Å²) >= 11 is 0. The molecular formula is C13H24N2O4S. The number of amides is 2. The smallest absolute Gasteiger partial charge is 0.245 e. The summed E-state index contributed by atoms with van der Waals surface area (Å²) < 4.78 is 22.3. The molecule has 0 aromatic rings. The van der Waals surface area contributed by atoms with Crippen molar-refractivity contribution in [1.29, 1.82) is 0 Å².